The van der Waals surface area contributed by atoms with E-state index in [2.05, 4.69) is 0 Å². The number of sulfonamides is 1. The highest BCUT2D eigenvalue weighted by molar-refractivity contribution is 7.89. The number of aliphatic carboxylic acids is 1. The van der Waals surface area contributed by atoms with Crippen molar-refractivity contribution < 1.29 is 23.1 Å². The summed E-state index contributed by atoms with van der Waals surface area (Å²) in [6, 6.07) is 2.56. The van der Waals surface area contributed by atoms with E-state index >= 15 is 0 Å². The Morgan fingerprint density at radius 1 is 1.45 bits per heavy atom. The molecule has 0 bridgehead atoms. The van der Waals surface area contributed by atoms with Gasteiger partial charge in [0.1, 0.15) is 6.04 Å². The van der Waals surface area contributed by atoms with E-state index in [0.29, 0.717) is 5.56 Å². The molecule has 1 atom stereocenters. The lowest BCUT2D eigenvalue weighted by atomic mass is 10.2. The van der Waals surface area contributed by atoms with Gasteiger partial charge in [0.05, 0.1) is 11.3 Å². The van der Waals surface area contributed by atoms with Crippen LogP contribution in [0, 0.1) is 6.92 Å². The van der Waals surface area contributed by atoms with Crippen molar-refractivity contribution in [2.24, 2.45) is 5.73 Å². The Labute approximate surface area is 120 Å². The Morgan fingerprint density at radius 2 is 2.05 bits per heavy atom. The van der Waals surface area contributed by atoms with Gasteiger partial charge in [0.25, 0.3) is 0 Å². The predicted octanol–water partition coefficient (Wildman–Crippen LogP) is 0.255. The van der Waals surface area contributed by atoms with Gasteiger partial charge in [0, 0.05) is 5.02 Å². The van der Waals surface area contributed by atoms with Gasteiger partial charge in [-0.2, -0.15) is 4.72 Å². The molecule has 4 N–H and O–H groups in total. The highest BCUT2D eigenvalue weighted by Gasteiger charge is 2.27. The normalized spacial score (nSPS) is 12.9. The fraction of sp³-hybridized carbons (Fsp3) is 0.273. The van der Waals surface area contributed by atoms with Gasteiger partial charge in [-0.3, -0.25) is 9.59 Å². The van der Waals surface area contributed by atoms with Crippen molar-refractivity contribution in [1.82, 2.24) is 4.72 Å². The maximum Gasteiger partial charge on any atom is 0.322 e. The quantitative estimate of drug-likeness (QED) is 0.692. The maximum atomic E-state index is 12.1. The third-order valence-corrected chi connectivity index (χ3v) is 4.29. The molecule has 0 heterocycles. The van der Waals surface area contributed by atoms with E-state index in [4.69, 9.17) is 22.4 Å². The SMILES string of the molecule is Cc1ccc(Cl)cc1S(=O)(=O)NC(CC(N)=O)C(=O)O. The number of nitrogens with two attached hydrogens (primary N) is 1. The van der Waals surface area contributed by atoms with Crippen LogP contribution in [0.15, 0.2) is 23.1 Å². The van der Waals surface area contributed by atoms with E-state index in [-0.39, 0.29) is 9.92 Å². The van der Waals surface area contributed by atoms with E-state index in [1.807, 2.05) is 4.72 Å². The molecule has 20 heavy (non-hydrogen) atoms. The van der Waals surface area contributed by atoms with Crippen LogP contribution in [0.1, 0.15) is 12.0 Å². The van der Waals surface area contributed by atoms with Gasteiger partial charge < -0.3 is 10.8 Å². The lowest BCUT2D eigenvalue weighted by Gasteiger charge is -2.14. The van der Waals surface area contributed by atoms with Crippen molar-refractivity contribution in [3.63, 3.8) is 0 Å². The van der Waals surface area contributed by atoms with Crippen LogP contribution in [-0.2, 0) is 19.6 Å². The minimum Gasteiger partial charge on any atom is -0.480 e. The molecule has 1 amide bonds. The Balaban J connectivity index is 3.12. The third kappa shape index (κ3) is 4.19. The fourth-order valence-electron chi connectivity index (χ4n) is 1.49. The minimum absolute atomic E-state index is 0.152. The molecular weight excluding hydrogens is 308 g/mol. The number of nitrogens with one attached hydrogen (secondary N) is 1. The summed E-state index contributed by atoms with van der Waals surface area (Å²) in [4.78, 5) is 21.5. The van der Waals surface area contributed by atoms with Crippen LogP contribution in [0.3, 0.4) is 0 Å². The molecule has 9 heteroatoms. The molecule has 0 fully saturated rings. The average molecular weight is 321 g/mol. The van der Waals surface area contributed by atoms with Crippen LogP contribution in [0.4, 0.5) is 0 Å². The molecule has 110 valence electrons. The van der Waals surface area contributed by atoms with Crippen LogP contribution >= 0.6 is 11.6 Å². The average Bonchev–Trinajstić information content (AvgIpc) is 2.30. The summed E-state index contributed by atoms with van der Waals surface area (Å²) in [6.07, 6.45) is -0.645. The lowest BCUT2D eigenvalue weighted by molar-refractivity contribution is -0.140. The highest BCUT2D eigenvalue weighted by atomic mass is 35.5. The van der Waals surface area contributed by atoms with Crippen molar-refractivity contribution in [2.45, 2.75) is 24.3 Å². The van der Waals surface area contributed by atoms with Crippen molar-refractivity contribution in [1.29, 1.82) is 0 Å². The van der Waals surface area contributed by atoms with Crippen LogP contribution in [-0.4, -0.2) is 31.4 Å². The molecule has 0 radical (unpaired) electrons. The molecule has 1 aromatic rings. The Hall–Kier alpha value is -1.64. The van der Waals surface area contributed by atoms with E-state index in [0.717, 1.165) is 0 Å². The fourth-order valence-corrected chi connectivity index (χ4v) is 3.19. The first-order valence-electron chi connectivity index (χ1n) is 5.43. The lowest BCUT2D eigenvalue weighted by Crippen LogP contribution is -2.43. The topological polar surface area (TPSA) is 127 Å². The maximum absolute atomic E-state index is 12.1. The first kappa shape index (κ1) is 16.4. The van der Waals surface area contributed by atoms with Crippen LogP contribution in [0.25, 0.3) is 0 Å². The van der Waals surface area contributed by atoms with E-state index < -0.39 is 34.4 Å². The van der Waals surface area contributed by atoms with E-state index in [1.165, 1.54) is 25.1 Å². The molecule has 0 aromatic heterocycles. The number of hydrogen-bond donors (Lipinski definition) is 3. The Morgan fingerprint density at radius 3 is 2.55 bits per heavy atom. The number of primary amides is 1. The number of halogens is 1. The zero-order valence-corrected chi connectivity index (χ0v) is 12.0. The second kappa shape index (κ2) is 6.21. The van der Waals surface area contributed by atoms with Crippen LogP contribution in [0.5, 0.6) is 0 Å². The summed E-state index contributed by atoms with van der Waals surface area (Å²) in [5.41, 5.74) is 5.28. The summed E-state index contributed by atoms with van der Waals surface area (Å²) in [7, 11) is -4.13. The van der Waals surface area contributed by atoms with Crippen LogP contribution < -0.4 is 10.5 Å². The summed E-state index contributed by atoms with van der Waals surface area (Å²) in [5.74, 6) is -2.42. The van der Waals surface area contributed by atoms with Crippen molar-refractivity contribution >= 4 is 33.5 Å². The molecule has 0 aliphatic rings. The largest absolute Gasteiger partial charge is 0.480 e. The van der Waals surface area contributed by atoms with Crippen molar-refractivity contribution in [2.75, 3.05) is 0 Å². The van der Waals surface area contributed by atoms with Gasteiger partial charge in [-0.15, -0.1) is 0 Å². The molecule has 0 saturated carbocycles. The number of carboxylic acids is 1. The second-order valence-corrected chi connectivity index (χ2v) is 6.21. The number of rotatable bonds is 6. The molecule has 0 spiro atoms. The standard InChI is InChI=1S/C11H13ClN2O5S/c1-6-2-3-7(12)4-9(6)20(18,19)14-8(11(16)17)5-10(13)15/h2-4,8,14H,5H2,1H3,(H2,13,15)(H,16,17). The zero-order chi connectivity index (χ0) is 15.5. The summed E-state index contributed by atoms with van der Waals surface area (Å²) in [5, 5.41) is 9.09. The van der Waals surface area contributed by atoms with Crippen molar-refractivity contribution in [3.8, 4) is 0 Å². The number of aryl methyl sites for hydroxylation is 1. The number of carbonyl (C=O) groups is 2. The van der Waals surface area contributed by atoms with Crippen LogP contribution in [0.2, 0.25) is 5.02 Å². The molecule has 0 saturated heterocycles. The minimum atomic E-state index is -4.13. The Kier molecular flexibility index (Phi) is 5.09. The number of carbonyl (C=O) groups excluding carboxylic acids is 1. The summed E-state index contributed by atoms with van der Waals surface area (Å²) >= 11 is 5.72. The molecule has 1 rings (SSSR count). The van der Waals surface area contributed by atoms with Gasteiger partial charge >= 0.3 is 5.97 Å². The van der Waals surface area contributed by atoms with Gasteiger partial charge in [0.2, 0.25) is 15.9 Å². The number of carboxylic acid groups (broad SMARTS) is 1. The van der Waals surface area contributed by atoms with E-state index in [1.54, 1.807) is 0 Å². The number of amides is 1. The number of hydrogen-bond acceptors (Lipinski definition) is 4. The highest BCUT2D eigenvalue weighted by Crippen LogP contribution is 2.20. The van der Waals surface area contributed by atoms with Gasteiger partial charge in [0.15, 0.2) is 0 Å². The van der Waals surface area contributed by atoms with E-state index in [9.17, 15) is 18.0 Å². The van der Waals surface area contributed by atoms with Crippen molar-refractivity contribution in [3.05, 3.63) is 28.8 Å². The second-order valence-electron chi connectivity index (χ2n) is 4.09. The molecule has 0 aliphatic carbocycles. The molecule has 7 nitrogen and oxygen atoms in total. The molecule has 0 aliphatic heterocycles. The van der Waals surface area contributed by atoms with Gasteiger partial charge in [-0.25, -0.2) is 8.42 Å². The Bertz CT molecular complexity index is 644. The zero-order valence-electron chi connectivity index (χ0n) is 10.5. The molecule has 1 unspecified atom stereocenters. The third-order valence-electron chi connectivity index (χ3n) is 2.44. The molecule has 1 aromatic carbocycles. The summed E-state index contributed by atoms with van der Waals surface area (Å²) < 4.78 is 26.2. The first-order valence-corrected chi connectivity index (χ1v) is 7.29. The van der Waals surface area contributed by atoms with Gasteiger partial charge in [-0.1, -0.05) is 17.7 Å². The monoisotopic (exact) mass is 320 g/mol. The molecular formula is C11H13ClN2O5S. The summed E-state index contributed by atoms with van der Waals surface area (Å²) in [6.45, 7) is 1.54. The van der Waals surface area contributed by atoms with Gasteiger partial charge in [-0.05, 0) is 24.6 Å². The predicted molar refractivity (Wildman–Crippen MR) is 71.7 cm³/mol. The first-order chi connectivity index (χ1) is 9.13. The smallest absolute Gasteiger partial charge is 0.322 e. The number of benzene rings is 1.